The van der Waals surface area contributed by atoms with Crippen LogP contribution in [0.1, 0.15) is 38.2 Å². The molecule has 0 unspecified atom stereocenters. The summed E-state index contributed by atoms with van der Waals surface area (Å²) in [7, 11) is 0. The first kappa shape index (κ1) is 13.4. The Balaban J connectivity index is 2.30. The van der Waals surface area contributed by atoms with Crippen LogP contribution < -0.4 is 0 Å². The van der Waals surface area contributed by atoms with Crippen LogP contribution in [0, 0.1) is 0 Å². The summed E-state index contributed by atoms with van der Waals surface area (Å²) < 4.78 is 0. The Bertz CT molecular complexity index is 391. The molecule has 1 aromatic rings. The van der Waals surface area contributed by atoms with E-state index in [1.54, 1.807) is 6.08 Å². The number of Topliss-reactive ketones (excluding diaryl/α,β-unsaturated/α-hetero) is 1. The molecule has 17 heavy (non-hydrogen) atoms. The minimum Gasteiger partial charge on any atom is -0.300 e. The fraction of sp³-hybridized carbons (Fsp3) is 0.333. The van der Waals surface area contributed by atoms with Crippen LogP contribution in [0.4, 0.5) is 0 Å². The minimum atomic E-state index is 0.0813. The molecule has 0 atom stereocenters. The lowest BCUT2D eigenvalue weighted by molar-refractivity contribution is -0.119. The summed E-state index contributed by atoms with van der Waals surface area (Å²) in [5.74, 6) is 0.308. The number of ketones is 2. The van der Waals surface area contributed by atoms with E-state index in [1.165, 1.54) is 0 Å². The summed E-state index contributed by atoms with van der Waals surface area (Å²) in [6.45, 7) is 1.85. The number of rotatable bonds is 7. The Labute approximate surface area is 102 Å². The van der Waals surface area contributed by atoms with Crippen LogP contribution in [0.5, 0.6) is 0 Å². The third-order valence-electron chi connectivity index (χ3n) is 2.53. The number of carbonyl (C=O) groups is 2. The molecule has 0 bridgehead atoms. The van der Waals surface area contributed by atoms with Crippen molar-refractivity contribution < 1.29 is 9.59 Å². The van der Waals surface area contributed by atoms with Gasteiger partial charge in [-0.05, 0) is 18.1 Å². The Kier molecular flexibility index (Phi) is 5.94. The van der Waals surface area contributed by atoms with Crippen molar-refractivity contribution in [1.29, 1.82) is 0 Å². The normalized spacial score (nSPS) is 10.6. The fourth-order valence-corrected chi connectivity index (χ4v) is 1.47. The van der Waals surface area contributed by atoms with E-state index >= 15 is 0 Å². The zero-order chi connectivity index (χ0) is 12.5. The van der Waals surface area contributed by atoms with Gasteiger partial charge < -0.3 is 0 Å². The van der Waals surface area contributed by atoms with Crippen molar-refractivity contribution in [2.24, 2.45) is 0 Å². The molecular weight excluding hydrogens is 212 g/mol. The molecule has 90 valence electrons. The van der Waals surface area contributed by atoms with E-state index in [0.717, 1.165) is 5.56 Å². The van der Waals surface area contributed by atoms with Crippen molar-refractivity contribution in [2.75, 3.05) is 0 Å². The number of carbonyl (C=O) groups excluding carboxylic acids is 2. The third kappa shape index (κ3) is 5.81. The lowest BCUT2D eigenvalue weighted by Crippen LogP contribution is -1.98. The van der Waals surface area contributed by atoms with E-state index in [1.807, 2.05) is 43.3 Å². The van der Waals surface area contributed by atoms with Crippen molar-refractivity contribution in [3.8, 4) is 0 Å². The van der Waals surface area contributed by atoms with E-state index in [9.17, 15) is 9.59 Å². The number of hydrogen-bond donors (Lipinski definition) is 0. The van der Waals surface area contributed by atoms with Crippen molar-refractivity contribution in [3.63, 3.8) is 0 Å². The zero-order valence-electron chi connectivity index (χ0n) is 10.2. The highest BCUT2D eigenvalue weighted by Crippen LogP contribution is 2.04. The Morgan fingerprint density at radius 1 is 1.12 bits per heavy atom. The van der Waals surface area contributed by atoms with Crippen LogP contribution in [0.2, 0.25) is 0 Å². The van der Waals surface area contributed by atoms with Gasteiger partial charge in [0.15, 0.2) is 5.78 Å². The quantitative estimate of drug-likeness (QED) is 0.672. The standard InChI is InChI=1S/C15H18O2/c1-2-14(16)9-6-10-15(17)12-11-13-7-4-3-5-8-13/h3-5,7-8,11-12H,2,6,9-10H2,1H3/b12-11+. The van der Waals surface area contributed by atoms with Gasteiger partial charge in [0, 0.05) is 19.3 Å². The van der Waals surface area contributed by atoms with Gasteiger partial charge >= 0.3 is 0 Å². The average molecular weight is 230 g/mol. The number of benzene rings is 1. The summed E-state index contributed by atoms with van der Waals surface area (Å²) in [6.07, 6.45) is 5.59. The molecule has 0 radical (unpaired) electrons. The van der Waals surface area contributed by atoms with E-state index < -0.39 is 0 Å². The summed E-state index contributed by atoms with van der Waals surface area (Å²) in [5, 5.41) is 0. The van der Waals surface area contributed by atoms with Crippen molar-refractivity contribution >= 4 is 17.6 Å². The van der Waals surface area contributed by atoms with E-state index in [0.29, 0.717) is 25.7 Å². The predicted molar refractivity (Wildman–Crippen MR) is 69.6 cm³/mol. The van der Waals surface area contributed by atoms with E-state index in [4.69, 9.17) is 0 Å². The van der Waals surface area contributed by atoms with Gasteiger partial charge in [0.2, 0.25) is 0 Å². The van der Waals surface area contributed by atoms with Gasteiger partial charge in [0.1, 0.15) is 5.78 Å². The van der Waals surface area contributed by atoms with Crippen molar-refractivity contribution in [1.82, 2.24) is 0 Å². The van der Waals surface area contributed by atoms with Crippen LogP contribution >= 0.6 is 0 Å². The molecule has 0 spiro atoms. The Morgan fingerprint density at radius 3 is 2.47 bits per heavy atom. The van der Waals surface area contributed by atoms with Crippen LogP contribution in [-0.4, -0.2) is 11.6 Å². The maximum Gasteiger partial charge on any atom is 0.155 e. The summed E-state index contributed by atoms with van der Waals surface area (Å²) in [6, 6.07) is 9.71. The van der Waals surface area contributed by atoms with Gasteiger partial charge in [-0.2, -0.15) is 0 Å². The molecule has 0 aliphatic carbocycles. The molecule has 0 aliphatic rings. The Hall–Kier alpha value is -1.70. The molecular formula is C15H18O2. The predicted octanol–water partition coefficient (Wildman–Crippen LogP) is 3.42. The molecule has 0 aromatic heterocycles. The third-order valence-corrected chi connectivity index (χ3v) is 2.53. The van der Waals surface area contributed by atoms with Gasteiger partial charge in [-0.25, -0.2) is 0 Å². The Morgan fingerprint density at radius 2 is 1.82 bits per heavy atom. The maximum absolute atomic E-state index is 11.5. The lowest BCUT2D eigenvalue weighted by Gasteiger charge is -1.96. The van der Waals surface area contributed by atoms with Gasteiger partial charge in [-0.1, -0.05) is 43.3 Å². The first-order valence-corrected chi connectivity index (χ1v) is 6.00. The van der Waals surface area contributed by atoms with Crippen LogP contribution in [0.15, 0.2) is 36.4 Å². The van der Waals surface area contributed by atoms with Gasteiger partial charge in [-0.15, -0.1) is 0 Å². The largest absolute Gasteiger partial charge is 0.300 e. The molecule has 1 aromatic carbocycles. The molecule has 0 amide bonds. The van der Waals surface area contributed by atoms with Gasteiger partial charge in [-0.3, -0.25) is 9.59 Å². The molecule has 1 rings (SSSR count). The first-order chi connectivity index (χ1) is 8.22. The molecule has 0 saturated carbocycles. The highest BCUT2D eigenvalue weighted by molar-refractivity contribution is 5.93. The molecule has 0 N–H and O–H groups in total. The average Bonchev–Trinajstić information content (AvgIpc) is 2.37. The fourth-order valence-electron chi connectivity index (χ4n) is 1.47. The number of hydrogen-bond acceptors (Lipinski definition) is 2. The highest BCUT2D eigenvalue weighted by Gasteiger charge is 2.01. The SMILES string of the molecule is CCC(=O)CCCC(=O)/C=C/c1ccccc1. The molecule has 2 nitrogen and oxygen atoms in total. The van der Waals surface area contributed by atoms with Crippen LogP contribution in [0.3, 0.4) is 0 Å². The maximum atomic E-state index is 11.5. The second-order valence-corrected chi connectivity index (χ2v) is 3.96. The van der Waals surface area contributed by atoms with E-state index in [-0.39, 0.29) is 11.6 Å². The topological polar surface area (TPSA) is 34.1 Å². The second kappa shape index (κ2) is 7.55. The second-order valence-electron chi connectivity index (χ2n) is 3.96. The summed E-state index contributed by atoms with van der Waals surface area (Å²) in [5.41, 5.74) is 1.02. The first-order valence-electron chi connectivity index (χ1n) is 6.00. The summed E-state index contributed by atoms with van der Waals surface area (Å²) in [4.78, 5) is 22.5. The van der Waals surface area contributed by atoms with Gasteiger partial charge in [0.25, 0.3) is 0 Å². The molecule has 0 aliphatic heterocycles. The summed E-state index contributed by atoms with van der Waals surface area (Å²) >= 11 is 0. The monoisotopic (exact) mass is 230 g/mol. The molecule has 0 saturated heterocycles. The van der Waals surface area contributed by atoms with E-state index in [2.05, 4.69) is 0 Å². The van der Waals surface area contributed by atoms with Crippen LogP contribution in [0.25, 0.3) is 6.08 Å². The molecule has 0 heterocycles. The smallest absolute Gasteiger partial charge is 0.155 e. The minimum absolute atomic E-state index is 0.0813. The van der Waals surface area contributed by atoms with Crippen molar-refractivity contribution in [3.05, 3.63) is 42.0 Å². The zero-order valence-corrected chi connectivity index (χ0v) is 10.2. The van der Waals surface area contributed by atoms with Gasteiger partial charge in [0.05, 0.1) is 0 Å². The highest BCUT2D eigenvalue weighted by atomic mass is 16.1. The molecule has 2 heteroatoms. The lowest BCUT2D eigenvalue weighted by atomic mass is 10.1. The number of allylic oxidation sites excluding steroid dienone is 1. The van der Waals surface area contributed by atoms with Crippen LogP contribution in [-0.2, 0) is 9.59 Å². The van der Waals surface area contributed by atoms with Crippen molar-refractivity contribution in [2.45, 2.75) is 32.6 Å². The molecule has 0 fully saturated rings.